The van der Waals surface area contributed by atoms with Crippen LogP contribution in [-0.4, -0.2) is 18.0 Å². The average molecular weight is 404 g/mol. The molecule has 0 amide bonds. The van der Waals surface area contributed by atoms with E-state index in [0.717, 1.165) is 23.7 Å². The molecule has 2 nitrogen and oxygen atoms in total. The summed E-state index contributed by atoms with van der Waals surface area (Å²) in [5, 5.41) is 1.31. The summed E-state index contributed by atoms with van der Waals surface area (Å²) in [5.74, 6) is 1.78. The van der Waals surface area contributed by atoms with E-state index in [4.69, 9.17) is 27.9 Å². The van der Waals surface area contributed by atoms with E-state index in [2.05, 4.69) is 30.9 Å². The van der Waals surface area contributed by atoms with Crippen LogP contribution in [0.3, 0.4) is 0 Å². The molecule has 2 aliphatic rings. The fraction of sp³-hybridized carbons (Fsp3) is 0.478. The molecule has 1 fully saturated rings. The number of aryl methyl sites for hydroxylation is 2. The fourth-order valence-corrected chi connectivity index (χ4v) is 5.08. The van der Waals surface area contributed by atoms with Crippen molar-refractivity contribution in [2.45, 2.75) is 52.2 Å². The number of halogens is 2. The standard InChI is InChI=1S/C23H27Cl2NO/c1-15-8-10-26(11-9-15)22-7-6-17-13-18(12-16(2)23(17)22)27-14-19-20(24)4-3-5-21(19)25/h3-5,12-13,15,22H,6-11,14H2,1-2H3. The highest BCUT2D eigenvalue weighted by molar-refractivity contribution is 6.35. The Hall–Kier alpha value is -1.22. The minimum absolute atomic E-state index is 0.393. The lowest BCUT2D eigenvalue weighted by Crippen LogP contribution is -2.35. The minimum atomic E-state index is 0.393. The number of ether oxygens (including phenoxy) is 1. The first-order valence-electron chi connectivity index (χ1n) is 9.96. The number of fused-ring (bicyclic) bond motifs is 1. The first-order chi connectivity index (χ1) is 13.0. The maximum Gasteiger partial charge on any atom is 0.120 e. The van der Waals surface area contributed by atoms with Gasteiger partial charge in [-0.15, -0.1) is 0 Å². The first-order valence-corrected chi connectivity index (χ1v) is 10.7. The molecular formula is C23H27Cl2NO. The Morgan fingerprint density at radius 2 is 1.78 bits per heavy atom. The summed E-state index contributed by atoms with van der Waals surface area (Å²) in [4.78, 5) is 2.70. The molecule has 4 rings (SSSR count). The van der Waals surface area contributed by atoms with E-state index in [9.17, 15) is 0 Å². The molecule has 0 radical (unpaired) electrons. The number of piperidine rings is 1. The van der Waals surface area contributed by atoms with Gasteiger partial charge in [-0.2, -0.15) is 0 Å². The molecule has 1 atom stereocenters. The van der Waals surface area contributed by atoms with Crippen LogP contribution in [0, 0.1) is 12.8 Å². The van der Waals surface area contributed by atoms with Crippen molar-refractivity contribution in [2.75, 3.05) is 13.1 Å². The molecule has 27 heavy (non-hydrogen) atoms. The van der Waals surface area contributed by atoms with Crippen molar-refractivity contribution in [3.63, 3.8) is 0 Å². The molecule has 0 spiro atoms. The maximum absolute atomic E-state index is 6.27. The van der Waals surface area contributed by atoms with E-state index in [1.165, 1.54) is 49.0 Å². The van der Waals surface area contributed by atoms with Crippen molar-refractivity contribution < 1.29 is 4.74 Å². The Bertz CT molecular complexity index is 807. The van der Waals surface area contributed by atoms with E-state index in [0.29, 0.717) is 22.7 Å². The Kier molecular flexibility index (Phi) is 5.68. The zero-order valence-electron chi connectivity index (χ0n) is 16.1. The number of rotatable bonds is 4. The summed E-state index contributed by atoms with van der Waals surface area (Å²) < 4.78 is 6.07. The molecule has 2 aromatic rings. The van der Waals surface area contributed by atoms with Gasteiger partial charge in [0.25, 0.3) is 0 Å². The molecule has 4 heteroatoms. The summed E-state index contributed by atoms with van der Waals surface area (Å²) in [6, 6.07) is 10.5. The molecule has 2 aromatic carbocycles. The lowest BCUT2D eigenvalue weighted by Gasteiger charge is -2.35. The maximum atomic E-state index is 6.27. The van der Waals surface area contributed by atoms with Crippen molar-refractivity contribution in [3.8, 4) is 5.75 Å². The predicted octanol–water partition coefficient (Wildman–Crippen LogP) is 6.60. The van der Waals surface area contributed by atoms with Crippen LogP contribution >= 0.6 is 23.2 Å². The van der Waals surface area contributed by atoms with E-state index < -0.39 is 0 Å². The highest BCUT2D eigenvalue weighted by atomic mass is 35.5. The van der Waals surface area contributed by atoms with Gasteiger partial charge in [-0.1, -0.05) is 36.2 Å². The second kappa shape index (κ2) is 8.03. The van der Waals surface area contributed by atoms with Gasteiger partial charge in [-0.25, -0.2) is 0 Å². The van der Waals surface area contributed by atoms with Crippen molar-refractivity contribution >= 4 is 23.2 Å². The summed E-state index contributed by atoms with van der Waals surface area (Å²) in [7, 11) is 0. The molecular weight excluding hydrogens is 377 g/mol. The van der Waals surface area contributed by atoms with Crippen LogP contribution in [0.4, 0.5) is 0 Å². The molecule has 0 aromatic heterocycles. The third-order valence-electron chi connectivity index (χ3n) is 6.17. The van der Waals surface area contributed by atoms with Gasteiger partial charge in [0.15, 0.2) is 0 Å². The highest BCUT2D eigenvalue weighted by Gasteiger charge is 2.31. The van der Waals surface area contributed by atoms with Crippen LogP contribution in [0.5, 0.6) is 5.75 Å². The van der Waals surface area contributed by atoms with Gasteiger partial charge < -0.3 is 4.74 Å². The lowest BCUT2D eigenvalue weighted by atomic mass is 9.95. The molecule has 1 unspecified atom stereocenters. The second-order valence-electron chi connectivity index (χ2n) is 8.07. The lowest BCUT2D eigenvalue weighted by molar-refractivity contribution is 0.137. The molecule has 1 saturated heterocycles. The Labute approximate surface area is 172 Å². The smallest absolute Gasteiger partial charge is 0.120 e. The van der Waals surface area contributed by atoms with Crippen molar-refractivity contribution in [1.29, 1.82) is 0 Å². The zero-order valence-corrected chi connectivity index (χ0v) is 17.6. The molecule has 0 bridgehead atoms. The minimum Gasteiger partial charge on any atom is -0.489 e. The van der Waals surface area contributed by atoms with Gasteiger partial charge >= 0.3 is 0 Å². The van der Waals surface area contributed by atoms with Crippen LogP contribution in [0.2, 0.25) is 10.0 Å². The van der Waals surface area contributed by atoms with E-state index in [1.807, 2.05) is 18.2 Å². The van der Waals surface area contributed by atoms with Crippen molar-refractivity contribution in [2.24, 2.45) is 5.92 Å². The van der Waals surface area contributed by atoms with Gasteiger partial charge in [0.1, 0.15) is 12.4 Å². The third kappa shape index (κ3) is 3.99. The van der Waals surface area contributed by atoms with E-state index in [1.54, 1.807) is 0 Å². The van der Waals surface area contributed by atoms with Crippen LogP contribution in [0.15, 0.2) is 30.3 Å². The first kappa shape index (κ1) is 19.1. The van der Waals surface area contributed by atoms with E-state index in [-0.39, 0.29) is 0 Å². The molecule has 0 saturated carbocycles. The highest BCUT2D eigenvalue weighted by Crippen LogP contribution is 2.41. The summed E-state index contributed by atoms with van der Waals surface area (Å²) in [6.45, 7) is 7.45. The molecule has 0 N–H and O–H groups in total. The fourth-order valence-electron chi connectivity index (χ4n) is 4.57. The molecule has 1 aliphatic carbocycles. The van der Waals surface area contributed by atoms with Gasteiger partial charge in [0.05, 0.1) is 0 Å². The quantitative estimate of drug-likeness (QED) is 0.569. The molecule has 1 heterocycles. The Morgan fingerprint density at radius 1 is 1.07 bits per heavy atom. The number of benzene rings is 2. The largest absolute Gasteiger partial charge is 0.489 e. The van der Waals surface area contributed by atoms with Gasteiger partial charge in [0.2, 0.25) is 0 Å². The van der Waals surface area contributed by atoms with Gasteiger partial charge in [-0.05, 0) is 92.6 Å². The number of nitrogens with zero attached hydrogens (tertiary/aromatic N) is 1. The van der Waals surface area contributed by atoms with Crippen LogP contribution in [0.25, 0.3) is 0 Å². The summed E-state index contributed by atoms with van der Waals surface area (Å²) in [5.41, 5.74) is 5.17. The summed E-state index contributed by atoms with van der Waals surface area (Å²) >= 11 is 12.5. The normalized spacial score (nSPS) is 20.7. The van der Waals surface area contributed by atoms with Crippen LogP contribution < -0.4 is 4.74 Å². The zero-order chi connectivity index (χ0) is 19.0. The molecule has 144 valence electrons. The predicted molar refractivity (Wildman–Crippen MR) is 113 cm³/mol. The monoisotopic (exact) mass is 403 g/mol. The SMILES string of the molecule is Cc1cc(OCc2c(Cl)cccc2Cl)cc2c1C(N1CCC(C)CC1)CC2. The Morgan fingerprint density at radius 3 is 2.48 bits per heavy atom. The topological polar surface area (TPSA) is 12.5 Å². The number of likely N-dealkylation sites (tertiary alicyclic amines) is 1. The summed E-state index contributed by atoms with van der Waals surface area (Å²) in [6.07, 6.45) is 5.01. The average Bonchev–Trinajstić information content (AvgIpc) is 3.06. The van der Waals surface area contributed by atoms with Crippen LogP contribution in [0.1, 0.15) is 54.5 Å². The molecule has 1 aliphatic heterocycles. The second-order valence-corrected chi connectivity index (χ2v) is 8.89. The van der Waals surface area contributed by atoms with Crippen LogP contribution in [-0.2, 0) is 13.0 Å². The van der Waals surface area contributed by atoms with Crippen molar-refractivity contribution in [1.82, 2.24) is 4.90 Å². The van der Waals surface area contributed by atoms with Crippen molar-refractivity contribution in [3.05, 3.63) is 62.6 Å². The number of hydrogen-bond acceptors (Lipinski definition) is 2. The Balaban J connectivity index is 1.51. The van der Waals surface area contributed by atoms with Gasteiger partial charge in [-0.3, -0.25) is 4.90 Å². The van der Waals surface area contributed by atoms with Gasteiger partial charge in [0, 0.05) is 21.7 Å². The third-order valence-corrected chi connectivity index (χ3v) is 6.88. The van der Waals surface area contributed by atoms with E-state index >= 15 is 0 Å². The number of hydrogen-bond donors (Lipinski definition) is 0.